The van der Waals surface area contributed by atoms with Crippen molar-refractivity contribution in [3.8, 4) is 0 Å². The monoisotopic (exact) mass is 326 g/mol. The molecule has 2 amide bonds. The second-order valence-electron chi connectivity index (χ2n) is 7.88. The van der Waals surface area contributed by atoms with Crippen molar-refractivity contribution in [2.45, 2.75) is 45.6 Å². The van der Waals surface area contributed by atoms with Gasteiger partial charge in [0.1, 0.15) is 5.60 Å². The van der Waals surface area contributed by atoms with Crippen molar-refractivity contribution in [2.24, 2.45) is 5.92 Å². The quantitative estimate of drug-likeness (QED) is 0.758. The van der Waals surface area contributed by atoms with Crippen LogP contribution in [0, 0.1) is 5.92 Å². The molecular formula is C17H32N3O3+. The summed E-state index contributed by atoms with van der Waals surface area (Å²) >= 11 is 0. The molecule has 0 aromatic heterocycles. The highest BCUT2D eigenvalue weighted by Gasteiger charge is 2.32. The van der Waals surface area contributed by atoms with Gasteiger partial charge in [-0.2, -0.15) is 0 Å². The molecular weight excluding hydrogens is 294 g/mol. The summed E-state index contributed by atoms with van der Waals surface area (Å²) in [6.45, 7) is 10.8. The highest BCUT2D eigenvalue weighted by atomic mass is 16.6. The zero-order valence-corrected chi connectivity index (χ0v) is 15.1. The summed E-state index contributed by atoms with van der Waals surface area (Å²) in [5.74, 6) is 0.343. The van der Waals surface area contributed by atoms with Crippen LogP contribution in [0.15, 0.2) is 0 Å². The van der Waals surface area contributed by atoms with Crippen LogP contribution in [0.1, 0.15) is 40.0 Å². The molecule has 2 aliphatic heterocycles. The van der Waals surface area contributed by atoms with Crippen LogP contribution < -0.4 is 4.90 Å². The first-order valence-electron chi connectivity index (χ1n) is 8.84. The molecule has 23 heavy (non-hydrogen) atoms. The van der Waals surface area contributed by atoms with Crippen LogP contribution in [0.5, 0.6) is 0 Å². The van der Waals surface area contributed by atoms with Gasteiger partial charge >= 0.3 is 6.09 Å². The lowest BCUT2D eigenvalue weighted by Crippen LogP contribution is -3.09. The van der Waals surface area contributed by atoms with Crippen LogP contribution >= 0.6 is 0 Å². The molecule has 2 saturated heterocycles. The fourth-order valence-corrected chi connectivity index (χ4v) is 3.25. The van der Waals surface area contributed by atoms with Crippen molar-refractivity contribution in [3.05, 3.63) is 0 Å². The molecule has 132 valence electrons. The minimum Gasteiger partial charge on any atom is -0.444 e. The minimum atomic E-state index is -0.468. The third-order valence-corrected chi connectivity index (χ3v) is 4.65. The normalized spacial score (nSPS) is 24.3. The van der Waals surface area contributed by atoms with Gasteiger partial charge in [-0.25, -0.2) is 4.79 Å². The molecule has 2 heterocycles. The number of amides is 2. The molecule has 0 spiro atoms. The average Bonchev–Trinajstić information content (AvgIpc) is 2.70. The van der Waals surface area contributed by atoms with Crippen LogP contribution in [-0.4, -0.2) is 73.7 Å². The lowest BCUT2D eigenvalue weighted by molar-refractivity contribution is -0.877. The van der Waals surface area contributed by atoms with Crippen molar-refractivity contribution in [3.63, 3.8) is 0 Å². The molecule has 2 fully saturated rings. The van der Waals surface area contributed by atoms with Crippen LogP contribution in [0.3, 0.4) is 0 Å². The van der Waals surface area contributed by atoms with E-state index in [4.69, 9.17) is 4.74 Å². The van der Waals surface area contributed by atoms with Crippen molar-refractivity contribution in [2.75, 3.05) is 46.3 Å². The number of hydrogen-bond donors (Lipinski definition) is 1. The van der Waals surface area contributed by atoms with Gasteiger partial charge in [0.2, 0.25) is 5.91 Å². The lowest BCUT2D eigenvalue weighted by Gasteiger charge is -2.34. The highest BCUT2D eigenvalue weighted by molar-refractivity contribution is 5.79. The number of hydrogen-bond acceptors (Lipinski definition) is 3. The number of nitrogens with one attached hydrogen (secondary N) is 1. The van der Waals surface area contributed by atoms with Gasteiger partial charge in [0.15, 0.2) is 0 Å². The smallest absolute Gasteiger partial charge is 0.410 e. The number of ether oxygens (including phenoxy) is 1. The molecule has 1 unspecified atom stereocenters. The van der Waals surface area contributed by atoms with E-state index in [-0.39, 0.29) is 17.9 Å². The van der Waals surface area contributed by atoms with E-state index in [1.807, 2.05) is 25.7 Å². The molecule has 2 rings (SSSR count). The summed E-state index contributed by atoms with van der Waals surface area (Å²) in [6, 6.07) is 0. The predicted molar refractivity (Wildman–Crippen MR) is 88.3 cm³/mol. The molecule has 1 N–H and O–H groups in total. The number of rotatable bonds is 1. The van der Waals surface area contributed by atoms with E-state index in [0.29, 0.717) is 13.1 Å². The Hall–Kier alpha value is -1.30. The fourth-order valence-electron chi connectivity index (χ4n) is 3.25. The van der Waals surface area contributed by atoms with Crippen molar-refractivity contribution < 1.29 is 19.2 Å². The van der Waals surface area contributed by atoms with Gasteiger partial charge in [-0.3, -0.25) is 4.79 Å². The molecule has 1 atom stereocenters. The molecule has 0 aromatic rings. The first-order chi connectivity index (χ1) is 10.8. The van der Waals surface area contributed by atoms with E-state index in [9.17, 15) is 9.59 Å². The fraction of sp³-hybridized carbons (Fsp3) is 0.882. The maximum atomic E-state index is 12.7. The summed E-state index contributed by atoms with van der Waals surface area (Å²) in [6.07, 6.45) is 2.31. The molecule has 0 aliphatic carbocycles. The molecule has 0 radical (unpaired) electrons. The molecule has 0 aromatic carbocycles. The summed E-state index contributed by atoms with van der Waals surface area (Å²) in [5.41, 5.74) is -0.468. The number of carbonyl (C=O) groups excluding carboxylic acids is 2. The van der Waals surface area contributed by atoms with Gasteiger partial charge < -0.3 is 19.4 Å². The Labute approximate surface area is 139 Å². The summed E-state index contributed by atoms with van der Waals surface area (Å²) in [5, 5.41) is 0. The number of likely N-dealkylation sites (tertiary alicyclic amines) is 1. The first kappa shape index (κ1) is 18.0. The number of piperidine rings is 1. The number of likely N-dealkylation sites (N-methyl/N-ethyl adjacent to an activating group) is 1. The second-order valence-corrected chi connectivity index (χ2v) is 7.88. The Morgan fingerprint density at radius 1 is 1.00 bits per heavy atom. The van der Waals surface area contributed by atoms with Crippen LogP contribution in [0.25, 0.3) is 0 Å². The summed E-state index contributed by atoms with van der Waals surface area (Å²) in [7, 11) is 2.19. The summed E-state index contributed by atoms with van der Waals surface area (Å²) in [4.78, 5) is 30.0. The van der Waals surface area contributed by atoms with Crippen LogP contribution in [-0.2, 0) is 9.53 Å². The highest BCUT2D eigenvalue weighted by Crippen LogP contribution is 2.21. The third kappa shape index (κ3) is 5.37. The van der Waals surface area contributed by atoms with E-state index >= 15 is 0 Å². The van der Waals surface area contributed by atoms with E-state index in [1.165, 1.54) is 4.90 Å². The van der Waals surface area contributed by atoms with Crippen LogP contribution in [0.2, 0.25) is 0 Å². The zero-order chi connectivity index (χ0) is 17.0. The van der Waals surface area contributed by atoms with Gasteiger partial charge in [0.25, 0.3) is 0 Å². The first-order valence-corrected chi connectivity index (χ1v) is 8.84. The largest absolute Gasteiger partial charge is 0.444 e. The van der Waals surface area contributed by atoms with Gasteiger partial charge in [-0.15, -0.1) is 0 Å². The summed E-state index contributed by atoms with van der Waals surface area (Å²) < 4.78 is 5.41. The number of quaternary nitrogens is 1. The second kappa shape index (κ2) is 7.51. The predicted octanol–water partition coefficient (Wildman–Crippen LogP) is 0.381. The number of nitrogens with zero attached hydrogens (tertiary/aromatic N) is 2. The standard InChI is InChI=1S/C17H31N3O3/c1-17(2,3)23-16(22)20-10-6-14(7-11-20)15(21)19-9-5-8-18(4)12-13-19/h14H,5-13H2,1-4H3/p+1. The topological polar surface area (TPSA) is 54.3 Å². The molecule has 2 aliphatic rings. The third-order valence-electron chi connectivity index (χ3n) is 4.65. The van der Waals surface area contributed by atoms with Crippen LogP contribution in [0.4, 0.5) is 4.79 Å². The molecule has 6 nitrogen and oxygen atoms in total. The van der Waals surface area contributed by atoms with Crippen molar-refractivity contribution in [1.82, 2.24) is 9.80 Å². The number of carbonyl (C=O) groups is 2. The van der Waals surface area contributed by atoms with E-state index in [1.54, 1.807) is 4.90 Å². The van der Waals surface area contributed by atoms with Gasteiger partial charge in [-0.05, 0) is 33.6 Å². The zero-order valence-electron chi connectivity index (χ0n) is 15.1. The molecule has 6 heteroatoms. The van der Waals surface area contributed by atoms with Crippen molar-refractivity contribution in [1.29, 1.82) is 0 Å². The Balaban J connectivity index is 1.81. The minimum absolute atomic E-state index is 0.0621. The molecule has 0 saturated carbocycles. The molecule has 0 bridgehead atoms. The van der Waals surface area contributed by atoms with E-state index < -0.39 is 5.60 Å². The maximum absolute atomic E-state index is 12.7. The Kier molecular flexibility index (Phi) is 5.89. The Morgan fingerprint density at radius 2 is 1.65 bits per heavy atom. The lowest BCUT2D eigenvalue weighted by atomic mass is 9.95. The van der Waals surface area contributed by atoms with Gasteiger partial charge in [0.05, 0.1) is 26.7 Å². The Bertz CT molecular complexity index is 425. The van der Waals surface area contributed by atoms with Gasteiger partial charge in [0, 0.05) is 32.0 Å². The maximum Gasteiger partial charge on any atom is 0.410 e. The van der Waals surface area contributed by atoms with Gasteiger partial charge in [-0.1, -0.05) is 0 Å². The van der Waals surface area contributed by atoms with E-state index in [0.717, 1.165) is 45.4 Å². The SMILES string of the molecule is C[NH+]1CCCN(C(=O)C2CCN(C(=O)OC(C)(C)C)CC2)CC1. The van der Waals surface area contributed by atoms with Crippen molar-refractivity contribution >= 4 is 12.0 Å². The average molecular weight is 326 g/mol. The Morgan fingerprint density at radius 3 is 2.26 bits per heavy atom. The van der Waals surface area contributed by atoms with E-state index in [2.05, 4.69) is 7.05 Å².